The van der Waals surface area contributed by atoms with Crippen LogP contribution in [-0.2, 0) is 4.79 Å². The molecule has 0 aromatic heterocycles. The van der Waals surface area contributed by atoms with Crippen LogP contribution in [0.1, 0.15) is 38.3 Å². The highest BCUT2D eigenvalue weighted by molar-refractivity contribution is 14.0. The highest BCUT2D eigenvalue weighted by atomic mass is 127. The number of nitrogens with one attached hydrogen (secondary N) is 1. The molecule has 0 bridgehead atoms. The SMILES string of the molecule is CCN(CC)C(=O)CCN=C(N)NC1CCOc2ccccc21.I. The summed E-state index contributed by atoms with van der Waals surface area (Å²) in [6.45, 7) is 6.46. The first-order valence-electron chi connectivity index (χ1n) is 8.21. The van der Waals surface area contributed by atoms with Crippen molar-refractivity contribution in [1.29, 1.82) is 0 Å². The summed E-state index contributed by atoms with van der Waals surface area (Å²) in [6, 6.07) is 8.03. The molecule has 7 heteroatoms. The Hall–Kier alpha value is -1.51. The number of hydrogen-bond donors (Lipinski definition) is 2. The normalized spacial score (nSPS) is 16.4. The summed E-state index contributed by atoms with van der Waals surface area (Å²) < 4.78 is 5.63. The van der Waals surface area contributed by atoms with Gasteiger partial charge >= 0.3 is 0 Å². The Kier molecular flexibility index (Phi) is 8.88. The summed E-state index contributed by atoms with van der Waals surface area (Å²) in [7, 11) is 0. The van der Waals surface area contributed by atoms with E-state index in [0.717, 1.165) is 30.8 Å². The molecule has 0 fully saturated rings. The van der Waals surface area contributed by atoms with Crippen LogP contribution in [0.2, 0.25) is 0 Å². The van der Waals surface area contributed by atoms with Crippen molar-refractivity contribution in [1.82, 2.24) is 10.2 Å². The number of ether oxygens (including phenoxy) is 1. The standard InChI is InChI=1S/C17H26N4O2.HI/c1-3-21(4-2)16(22)9-11-19-17(18)20-14-10-12-23-15-8-6-5-7-13(14)15;/h5-8,14H,3-4,9-12H2,1-2H3,(H3,18,19,20);1H. The highest BCUT2D eigenvalue weighted by Gasteiger charge is 2.21. The highest BCUT2D eigenvalue weighted by Crippen LogP contribution is 2.31. The van der Waals surface area contributed by atoms with Crippen molar-refractivity contribution < 1.29 is 9.53 Å². The van der Waals surface area contributed by atoms with Crippen molar-refractivity contribution in [3.8, 4) is 5.75 Å². The molecule has 1 heterocycles. The molecule has 2 rings (SSSR count). The van der Waals surface area contributed by atoms with Crippen LogP contribution in [0.15, 0.2) is 29.3 Å². The van der Waals surface area contributed by atoms with Gasteiger partial charge in [-0.15, -0.1) is 24.0 Å². The van der Waals surface area contributed by atoms with E-state index in [1.165, 1.54) is 0 Å². The van der Waals surface area contributed by atoms with E-state index in [0.29, 0.717) is 25.5 Å². The minimum Gasteiger partial charge on any atom is -0.493 e. The zero-order chi connectivity index (χ0) is 16.7. The minimum absolute atomic E-state index is 0. The van der Waals surface area contributed by atoms with Crippen LogP contribution >= 0.6 is 24.0 Å². The van der Waals surface area contributed by atoms with Crippen LogP contribution in [0.25, 0.3) is 0 Å². The average molecular weight is 446 g/mol. The molecule has 1 atom stereocenters. The third-order valence-electron chi connectivity index (χ3n) is 4.00. The zero-order valence-electron chi connectivity index (χ0n) is 14.3. The van der Waals surface area contributed by atoms with Crippen molar-refractivity contribution in [2.45, 2.75) is 32.7 Å². The number of aliphatic imine (C=N–C) groups is 1. The molecule has 1 aliphatic heterocycles. The summed E-state index contributed by atoms with van der Waals surface area (Å²) >= 11 is 0. The fraction of sp³-hybridized carbons (Fsp3) is 0.529. The van der Waals surface area contributed by atoms with Gasteiger partial charge in [-0.25, -0.2) is 0 Å². The number of benzene rings is 1. The number of hydrogen-bond acceptors (Lipinski definition) is 3. The van der Waals surface area contributed by atoms with E-state index in [1.807, 2.05) is 38.1 Å². The first-order valence-corrected chi connectivity index (χ1v) is 8.21. The number of nitrogens with two attached hydrogens (primary N) is 1. The van der Waals surface area contributed by atoms with E-state index in [1.54, 1.807) is 4.90 Å². The van der Waals surface area contributed by atoms with Gasteiger partial charge in [-0.1, -0.05) is 18.2 Å². The minimum atomic E-state index is 0. The Morgan fingerprint density at radius 1 is 1.38 bits per heavy atom. The lowest BCUT2D eigenvalue weighted by Gasteiger charge is -2.27. The van der Waals surface area contributed by atoms with Crippen molar-refractivity contribution >= 4 is 35.8 Å². The van der Waals surface area contributed by atoms with Crippen molar-refractivity contribution in [3.63, 3.8) is 0 Å². The molecular formula is C17H27IN4O2. The third-order valence-corrected chi connectivity index (χ3v) is 4.00. The van der Waals surface area contributed by atoms with Gasteiger partial charge in [0.05, 0.1) is 19.2 Å². The second-order valence-corrected chi connectivity index (χ2v) is 5.45. The summed E-state index contributed by atoms with van der Waals surface area (Å²) in [5.74, 6) is 1.38. The van der Waals surface area contributed by atoms with Crippen LogP contribution in [0, 0.1) is 0 Å². The molecule has 0 saturated carbocycles. The monoisotopic (exact) mass is 446 g/mol. The fourth-order valence-electron chi connectivity index (χ4n) is 2.72. The van der Waals surface area contributed by atoms with Gasteiger partial charge in [0.15, 0.2) is 5.96 Å². The van der Waals surface area contributed by atoms with Crippen LogP contribution in [-0.4, -0.2) is 43.0 Å². The van der Waals surface area contributed by atoms with Gasteiger partial charge in [0.1, 0.15) is 5.75 Å². The number of para-hydroxylation sites is 1. The number of carbonyl (C=O) groups excluding carboxylic acids is 1. The average Bonchev–Trinajstić information content (AvgIpc) is 2.56. The summed E-state index contributed by atoms with van der Waals surface area (Å²) in [5.41, 5.74) is 7.06. The predicted octanol–water partition coefficient (Wildman–Crippen LogP) is 2.29. The first-order chi connectivity index (χ1) is 11.2. The topological polar surface area (TPSA) is 80.0 Å². The maximum Gasteiger partial charge on any atom is 0.224 e. The number of carbonyl (C=O) groups is 1. The zero-order valence-corrected chi connectivity index (χ0v) is 16.7. The van der Waals surface area contributed by atoms with E-state index in [4.69, 9.17) is 10.5 Å². The maximum atomic E-state index is 11.9. The van der Waals surface area contributed by atoms with E-state index in [2.05, 4.69) is 10.3 Å². The number of guanidine groups is 1. The second kappa shape index (κ2) is 10.4. The second-order valence-electron chi connectivity index (χ2n) is 5.45. The van der Waals surface area contributed by atoms with Gasteiger partial charge in [-0.3, -0.25) is 9.79 Å². The largest absolute Gasteiger partial charge is 0.493 e. The molecule has 1 unspecified atom stereocenters. The number of fused-ring (bicyclic) bond motifs is 1. The Balaban J connectivity index is 0.00000288. The number of halogens is 1. The predicted molar refractivity (Wildman–Crippen MR) is 107 cm³/mol. The van der Waals surface area contributed by atoms with Crippen molar-refractivity contribution in [2.24, 2.45) is 10.7 Å². The molecule has 3 N–H and O–H groups in total. The molecule has 134 valence electrons. The van der Waals surface area contributed by atoms with Crippen LogP contribution in [0.5, 0.6) is 5.75 Å². The molecular weight excluding hydrogens is 419 g/mol. The smallest absolute Gasteiger partial charge is 0.224 e. The molecule has 0 aliphatic carbocycles. The van der Waals surface area contributed by atoms with Crippen molar-refractivity contribution in [2.75, 3.05) is 26.2 Å². The third kappa shape index (κ3) is 5.54. The van der Waals surface area contributed by atoms with E-state index < -0.39 is 0 Å². The summed E-state index contributed by atoms with van der Waals surface area (Å²) in [5, 5.41) is 3.23. The molecule has 1 aromatic carbocycles. The Morgan fingerprint density at radius 2 is 2.08 bits per heavy atom. The van der Waals surface area contributed by atoms with Gasteiger partial charge in [-0.2, -0.15) is 0 Å². The molecule has 1 aromatic rings. The molecule has 0 spiro atoms. The number of rotatable bonds is 6. The van der Waals surface area contributed by atoms with Gasteiger partial charge in [0.2, 0.25) is 5.91 Å². The lowest BCUT2D eigenvalue weighted by Crippen LogP contribution is -2.37. The van der Waals surface area contributed by atoms with Gasteiger partial charge < -0.3 is 20.7 Å². The van der Waals surface area contributed by atoms with Crippen LogP contribution in [0.4, 0.5) is 0 Å². The molecule has 1 amide bonds. The van der Waals surface area contributed by atoms with Crippen molar-refractivity contribution in [3.05, 3.63) is 29.8 Å². The van der Waals surface area contributed by atoms with Crippen LogP contribution in [0.3, 0.4) is 0 Å². The molecule has 24 heavy (non-hydrogen) atoms. The number of nitrogens with zero attached hydrogens (tertiary/aromatic N) is 2. The first kappa shape index (κ1) is 20.5. The van der Waals surface area contributed by atoms with E-state index >= 15 is 0 Å². The Morgan fingerprint density at radius 3 is 2.79 bits per heavy atom. The number of amides is 1. The molecule has 0 radical (unpaired) electrons. The Bertz CT molecular complexity index is 561. The molecule has 6 nitrogen and oxygen atoms in total. The molecule has 0 saturated heterocycles. The lowest BCUT2D eigenvalue weighted by atomic mass is 10.0. The molecule has 1 aliphatic rings. The lowest BCUT2D eigenvalue weighted by molar-refractivity contribution is -0.130. The summed E-state index contributed by atoms with van der Waals surface area (Å²) in [4.78, 5) is 18.0. The van der Waals surface area contributed by atoms with Gasteiger partial charge in [0.25, 0.3) is 0 Å². The Labute approximate surface area is 160 Å². The maximum absolute atomic E-state index is 11.9. The van der Waals surface area contributed by atoms with E-state index in [-0.39, 0.29) is 35.9 Å². The summed E-state index contributed by atoms with van der Waals surface area (Å²) in [6.07, 6.45) is 1.22. The van der Waals surface area contributed by atoms with Gasteiger partial charge in [0, 0.05) is 31.5 Å². The fourth-order valence-corrected chi connectivity index (χ4v) is 2.72. The quantitative estimate of drug-likeness (QED) is 0.399. The van der Waals surface area contributed by atoms with E-state index in [9.17, 15) is 4.79 Å². The van der Waals surface area contributed by atoms with Crippen LogP contribution < -0.4 is 15.8 Å². The van der Waals surface area contributed by atoms with Gasteiger partial charge in [-0.05, 0) is 19.9 Å².